The van der Waals surface area contributed by atoms with E-state index in [0.717, 1.165) is 19.5 Å². The Morgan fingerprint density at radius 1 is 1.15 bits per heavy atom. The van der Waals surface area contributed by atoms with Gasteiger partial charge in [-0.15, -0.1) is 11.8 Å². The fourth-order valence-electron chi connectivity index (χ4n) is 2.73. The SMILES string of the molecule is Cc1cccc(CCNCC2Cc3ccccc3S2)c1. The van der Waals surface area contributed by atoms with Crippen molar-refractivity contribution < 1.29 is 0 Å². The van der Waals surface area contributed by atoms with E-state index in [2.05, 4.69) is 60.8 Å². The second kappa shape index (κ2) is 6.47. The molecule has 0 saturated heterocycles. The van der Waals surface area contributed by atoms with E-state index >= 15 is 0 Å². The highest BCUT2D eigenvalue weighted by Gasteiger charge is 2.20. The molecule has 3 rings (SSSR count). The monoisotopic (exact) mass is 283 g/mol. The Bertz CT molecular complexity index is 554. The van der Waals surface area contributed by atoms with Crippen molar-refractivity contribution in [2.75, 3.05) is 13.1 Å². The molecular weight excluding hydrogens is 262 g/mol. The Kier molecular flexibility index (Phi) is 4.44. The van der Waals surface area contributed by atoms with Crippen LogP contribution in [0, 0.1) is 6.92 Å². The summed E-state index contributed by atoms with van der Waals surface area (Å²) in [7, 11) is 0. The first-order valence-electron chi connectivity index (χ1n) is 7.32. The van der Waals surface area contributed by atoms with Gasteiger partial charge in [-0.1, -0.05) is 48.0 Å². The van der Waals surface area contributed by atoms with E-state index in [4.69, 9.17) is 0 Å². The van der Waals surface area contributed by atoms with Crippen molar-refractivity contribution in [3.05, 3.63) is 65.2 Å². The minimum Gasteiger partial charge on any atom is -0.315 e. The molecule has 2 heteroatoms. The molecule has 0 aromatic heterocycles. The van der Waals surface area contributed by atoms with Crippen molar-refractivity contribution in [1.29, 1.82) is 0 Å². The van der Waals surface area contributed by atoms with Crippen LogP contribution in [0.25, 0.3) is 0 Å². The third kappa shape index (κ3) is 3.44. The molecule has 0 saturated carbocycles. The van der Waals surface area contributed by atoms with E-state index in [-0.39, 0.29) is 0 Å². The minimum atomic E-state index is 0.699. The molecule has 0 spiro atoms. The molecular formula is C18H21NS. The van der Waals surface area contributed by atoms with Gasteiger partial charge in [0, 0.05) is 16.7 Å². The van der Waals surface area contributed by atoms with Crippen LogP contribution in [0.15, 0.2) is 53.4 Å². The first-order valence-corrected chi connectivity index (χ1v) is 8.20. The zero-order chi connectivity index (χ0) is 13.8. The largest absolute Gasteiger partial charge is 0.315 e. The van der Waals surface area contributed by atoms with Crippen LogP contribution < -0.4 is 5.32 Å². The molecule has 0 amide bonds. The smallest absolute Gasteiger partial charge is 0.0260 e. The molecule has 1 nitrogen and oxygen atoms in total. The standard InChI is InChI=1S/C18H21NS/c1-14-5-4-6-15(11-14)9-10-19-13-17-12-16-7-2-3-8-18(16)20-17/h2-8,11,17,19H,9-10,12-13H2,1H3. The van der Waals surface area contributed by atoms with Gasteiger partial charge in [-0.3, -0.25) is 0 Å². The molecule has 1 heterocycles. The summed E-state index contributed by atoms with van der Waals surface area (Å²) >= 11 is 2.02. The maximum atomic E-state index is 3.61. The van der Waals surface area contributed by atoms with Crippen LogP contribution in [0.3, 0.4) is 0 Å². The van der Waals surface area contributed by atoms with E-state index in [1.165, 1.54) is 28.0 Å². The molecule has 2 aromatic carbocycles. The number of thioether (sulfide) groups is 1. The summed E-state index contributed by atoms with van der Waals surface area (Å²) in [5.41, 5.74) is 4.30. The van der Waals surface area contributed by atoms with E-state index in [1.807, 2.05) is 11.8 Å². The highest BCUT2D eigenvalue weighted by Crippen LogP contribution is 2.36. The third-order valence-electron chi connectivity index (χ3n) is 3.76. The predicted octanol–water partition coefficient (Wildman–Crippen LogP) is 3.84. The fourth-order valence-corrected chi connectivity index (χ4v) is 4.01. The maximum Gasteiger partial charge on any atom is 0.0260 e. The molecule has 0 fully saturated rings. The van der Waals surface area contributed by atoms with Crippen molar-refractivity contribution in [2.24, 2.45) is 0 Å². The number of hydrogen-bond acceptors (Lipinski definition) is 2. The van der Waals surface area contributed by atoms with Gasteiger partial charge in [0.15, 0.2) is 0 Å². The molecule has 1 N–H and O–H groups in total. The van der Waals surface area contributed by atoms with Crippen LogP contribution in [0.4, 0.5) is 0 Å². The topological polar surface area (TPSA) is 12.0 Å². The predicted molar refractivity (Wildman–Crippen MR) is 87.5 cm³/mol. The van der Waals surface area contributed by atoms with Crippen molar-refractivity contribution in [2.45, 2.75) is 29.9 Å². The van der Waals surface area contributed by atoms with Crippen molar-refractivity contribution in [1.82, 2.24) is 5.32 Å². The average molecular weight is 283 g/mol. The van der Waals surface area contributed by atoms with Gasteiger partial charge in [0.2, 0.25) is 0 Å². The summed E-state index contributed by atoms with van der Waals surface area (Å²) in [4.78, 5) is 1.47. The lowest BCUT2D eigenvalue weighted by Gasteiger charge is -2.10. The molecule has 1 aliphatic heterocycles. The second-order valence-corrected chi connectivity index (χ2v) is 6.84. The number of fused-ring (bicyclic) bond motifs is 1. The van der Waals surface area contributed by atoms with Crippen LogP contribution in [0.1, 0.15) is 16.7 Å². The van der Waals surface area contributed by atoms with Crippen LogP contribution in [-0.4, -0.2) is 18.3 Å². The van der Waals surface area contributed by atoms with Gasteiger partial charge in [0.25, 0.3) is 0 Å². The Labute approximate surface area is 125 Å². The quantitative estimate of drug-likeness (QED) is 0.837. The molecule has 0 aliphatic carbocycles. The van der Waals surface area contributed by atoms with Gasteiger partial charge in [-0.05, 0) is 43.5 Å². The van der Waals surface area contributed by atoms with Crippen LogP contribution in [-0.2, 0) is 12.8 Å². The Morgan fingerprint density at radius 2 is 2.05 bits per heavy atom. The van der Waals surface area contributed by atoms with Gasteiger partial charge in [0.05, 0.1) is 0 Å². The fraction of sp³-hybridized carbons (Fsp3) is 0.333. The van der Waals surface area contributed by atoms with Gasteiger partial charge < -0.3 is 5.32 Å². The number of rotatable bonds is 5. The van der Waals surface area contributed by atoms with Crippen LogP contribution in [0.2, 0.25) is 0 Å². The minimum absolute atomic E-state index is 0.699. The molecule has 0 radical (unpaired) electrons. The lowest BCUT2D eigenvalue weighted by Crippen LogP contribution is -2.26. The average Bonchev–Trinajstić information content (AvgIpc) is 2.86. The number of nitrogens with one attached hydrogen (secondary N) is 1. The van der Waals surface area contributed by atoms with Crippen molar-refractivity contribution >= 4 is 11.8 Å². The van der Waals surface area contributed by atoms with Gasteiger partial charge in [0.1, 0.15) is 0 Å². The van der Waals surface area contributed by atoms with Crippen LogP contribution >= 0.6 is 11.8 Å². The van der Waals surface area contributed by atoms with Crippen molar-refractivity contribution in [3.63, 3.8) is 0 Å². The summed E-state index contributed by atoms with van der Waals surface area (Å²) < 4.78 is 0. The Morgan fingerprint density at radius 3 is 2.90 bits per heavy atom. The van der Waals surface area contributed by atoms with Crippen LogP contribution in [0.5, 0.6) is 0 Å². The molecule has 1 atom stereocenters. The summed E-state index contributed by atoms with van der Waals surface area (Å²) in [6.07, 6.45) is 2.32. The molecule has 0 bridgehead atoms. The molecule has 2 aromatic rings. The summed E-state index contributed by atoms with van der Waals surface area (Å²) in [5, 5.41) is 4.31. The highest BCUT2D eigenvalue weighted by molar-refractivity contribution is 8.00. The van der Waals surface area contributed by atoms with Gasteiger partial charge >= 0.3 is 0 Å². The summed E-state index contributed by atoms with van der Waals surface area (Å²) in [6.45, 7) is 4.32. The molecule has 104 valence electrons. The van der Waals surface area contributed by atoms with E-state index < -0.39 is 0 Å². The number of hydrogen-bond donors (Lipinski definition) is 1. The lowest BCUT2D eigenvalue weighted by atomic mass is 10.1. The first-order chi connectivity index (χ1) is 9.81. The third-order valence-corrected chi connectivity index (χ3v) is 5.08. The highest BCUT2D eigenvalue weighted by atomic mass is 32.2. The summed E-state index contributed by atoms with van der Waals surface area (Å²) in [6, 6.07) is 17.6. The van der Waals surface area contributed by atoms with E-state index in [1.54, 1.807) is 0 Å². The van der Waals surface area contributed by atoms with Gasteiger partial charge in [-0.2, -0.15) is 0 Å². The normalized spacial score (nSPS) is 17.1. The zero-order valence-electron chi connectivity index (χ0n) is 11.9. The summed E-state index contributed by atoms with van der Waals surface area (Å²) in [5.74, 6) is 0. The van der Waals surface area contributed by atoms with Gasteiger partial charge in [-0.25, -0.2) is 0 Å². The molecule has 20 heavy (non-hydrogen) atoms. The van der Waals surface area contributed by atoms with E-state index in [0.29, 0.717) is 5.25 Å². The molecule has 1 unspecified atom stereocenters. The number of aryl methyl sites for hydroxylation is 1. The zero-order valence-corrected chi connectivity index (χ0v) is 12.7. The lowest BCUT2D eigenvalue weighted by molar-refractivity contribution is 0.662. The second-order valence-electron chi connectivity index (χ2n) is 5.49. The first kappa shape index (κ1) is 13.7. The Hall–Kier alpha value is -1.25. The molecule has 1 aliphatic rings. The number of benzene rings is 2. The Balaban J connectivity index is 1.41. The maximum absolute atomic E-state index is 3.61. The van der Waals surface area contributed by atoms with E-state index in [9.17, 15) is 0 Å². The van der Waals surface area contributed by atoms with Crippen molar-refractivity contribution in [3.8, 4) is 0 Å².